The van der Waals surface area contributed by atoms with Gasteiger partial charge >= 0.3 is 0 Å². The molecule has 1 amide bonds. The average Bonchev–Trinajstić information content (AvgIpc) is 3.07. The molecule has 0 bridgehead atoms. The summed E-state index contributed by atoms with van der Waals surface area (Å²) >= 11 is 0. The largest absolute Gasteiger partial charge is 0.385 e. The summed E-state index contributed by atoms with van der Waals surface area (Å²) in [5.41, 5.74) is 2.33. The van der Waals surface area contributed by atoms with E-state index in [9.17, 15) is 9.90 Å². The maximum atomic E-state index is 12.7. The fraction of sp³-hybridized carbons (Fsp3) is 0.500. The number of aliphatic hydroxyl groups excluding tert-OH is 1. The molecule has 134 valence electrons. The van der Waals surface area contributed by atoms with E-state index in [4.69, 9.17) is 0 Å². The molecule has 0 aliphatic carbocycles. The van der Waals surface area contributed by atoms with Crippen LogP contribution < -0.4 is 0 Å². The molecule has 25 heavy (non-hydrogen) atoms. The van der Waals surface area contributed by atoms with Crippen LogP contribution in [0.2, 0.25) is 0 Å². The van der Waals surface area contributed by atoms with Crippen LogP contribution in [0.15, 0.2) is 36.7 Å². The minimum Gasteiger partial charge on any atom is -0.385 e. The van der Waals surface area contributed by atoms with Gasteiger partial charge in [-0.05, 0) is 30.4 Å². The first-order valence-corrected chi connectivity index (χ1v) is 9.09. The summed E-state index contributed by atoms with van der Waals surface area (Å²) in [6, 6.07) is 8.26. The van der Waals surface area contributed by atoms with E-state index in [2.05, 4.69) is 24.0 Å². The highest BCUT2D eigenvalue weighted by molar-refractivity contribution is 5.78. The van der Waals surface area contributed by atoms with Crippen LogP contribution in [0.25, 0.3) is 0 Å². The van der Waals surface area contributed by atoms with Gasteiger partial charge in [0.15, 0.2) is 0 Å². The van der Waals surface area contributed by atoms with E-state index < -0.39 is 6.10 Å². The number of carbonyl (C=O) groups is 1. The van der Waals surface area contributed by atoms with E-state index in [1.54, 1.807) is 6.20 Å². The van der Waals surface area contributed by atoms with Gasteiger partial charge < -0.3 is 14.6 Å². The van der Waals surface area contributed by atoms with E-state index in [0.717, 1.165) is 31.4 Å². The van der Waals surface area contributed by atoms with Crippen molar-refractivity contribution < 1.29 is 9.90 Å². The van der Waals surface area contributed by atoms with Gasteiger partial charge in [-0.15, -0.1) is 0 Å². The van der Waals surface area contributed by atoms with Crippen molar-refractivity contribution in [1.29, 1.82) is 0 Å². The lowest BCUT2D eigenvalue weighted by Gasteiger charge is -2.35. The molecule has 5 heteroatoms. The monoisotopic (exact) mass is 341 g/mol. The van der Waals surface area contributed by atoms with E-state index >= 15 is 0 Å². The predicted molar refractivity (Wildman–Crippen MR) is 97.0 cm³/mol. The van der Waals surface area contributed by atoms with Crippen molar-refractivity contribution in [2.24, 2.45) is 13.0 Å². The summed E-state index contributed by atoms with van der Waals surface area (Å²) in [7, 11) is 1.89. The van der Waals surface area contributed by atoms with Crippen LogP contribution in [0.3, 0.4) is 0 Å². The second-order valence-electron chi connectivity index (χ2n) is 6.93. The Balaban J connectivity index is 1.62. The van der Waals surface area contributed by atoms with E-state index in [1.165, 1.54) is 5.56 Å². The van der Waals surface area contributed by atoms with Crippen molar-refractivity contribution in [2.75, 3.05) is 13.1 Å². The SMILES string of the molecule is CCc1ccc(CC(=O)N2CCCC(C(O)c3nccn3C)C2)cc1. The van der Waals surface area contributed by atoms with Crippen LogP contribution in [-0.4, -0.2) is 38.6 Å². The lowest BCUT2D eigenvalue weighted by molar-refractivity contribution is -0.133. The van der Waals surface area contributed by atoms with Gasteiger partial charge in [0.25, 0.3) is 0 Å². The molecule has 3 rings (SSSR count). The molecule has 2 heterocycles. The fourth-order valence-electron chi connectivity index (χ4n) is 3.55. The number of aryl methyl sites for hydroxylation is 2. The second kappa shape index (κ2) is 7.83. The molecule has 0 radical (unpaired) electrons. The molecular weight excluding hydrogens is 314 g/mol. The van der Waals surface area contributed by atoms with Crippen molar-refractivity contribution in [1.82, 2.24) is 14.5 Å². The normalized spacial score (nSPS) is 19.0. The van der Waals surface area contributed by atoms with Gasteiger partial charge in [0.1, 0.15) is 11.9 Å². The van der Waals surface area contributed by atoms with Crippen LogP contribution >= 0.6 is 0 Å². The zero-order valence-electron chi connectivity index (χ0n) is 15.1. The second-order valence-corrected chi connectivity index (χ2v) is 6.93. The first kappa shape index (κ1) is 17.7. The first-order chi connectivity index (χ1) is 12.1. The molecule has 1 aliphatic heterocycles. The smallest absolute Gasteiger partial charge is 0.227 e. The topological polar surface area (TPSA) is 58.4 Å². The van der Waals surface area contributed by atoms with Gasteiger partial charge in [-0.2, -0.15) is 0 Å². The van der Waals surface area contributed by atoms with Gasteiger partial charge in [0.2, 0.25) is 5.91 Å². The number of amides is 1. The fourth-order valence-corrected chi connectivity index (χ4v) is 3.55. The molecule has 0 spiro atoms. The molecule has 2 atom stereocenters. The van der Waals surface area contributed by atoms with E-state index in [1.807, 2.05) is 34.8 Å². The van der Waals surface area contributed by atoms with Crippen LogP contribution in [-0.2, 0) is 24.7 Å². The van der Waals surface area contributed by atoms with Gasteiger partial charge in [-0.3, -0.25) is 4.79 Å². The number of aliphatic hydroxyl groups is 1. The summed E-state index contributed by atoms with van der Waals surface area (Å²) < 4.78 is 1.85. The maximum Gasteiger partial charge on any atom is 0.227 e. The zero-order chi connectivity index (χ0) is 17.8. The molecule has 5 nitrogen and oxygen atoms in total. The number of rotatable bonds is 5. The third kappa shape index (κ3) is 4.10. The Morgan fingerprint density at radius 1 is 1.32 bits per heavy atom. The van der Waals surface area contributed by atoms with Crippen LogP contribution in [0.4, 0.5) is 0 Å². The van der Waals surface area contributed by atoms with Gasteiger partial charge in [0, 0.05) is 38.4 Å². The molecule has 1 fully saturated rings. The molecular formula is C20H27N3O2. The quantitative estimate of drug-likeness (QED) is 0.909. The number of likely N-dealkylation sites (tertiary alicyclic amines) is 1. The summed E-state index contributed by atoms with van der Waals surface area (Å²) in [5.74, 6) is 0.858. The summed E-state index contributed by atoms with van der Waals surface area (Å²) in [6.07, 6.45) is 6.19. The predicted octanol–water partition coefficient (Wildman–Crippen LogP) is 2.50. The van der Waals surface area contributed by atoms with Crippen LogP contribution in [0.1, 0.15) is 42.8 Å². The Kier molecular flexibility index (Phi) is 5.53. The third-order valence-electron chi connectivity index (χ3n) is 5.17. The summed E-state index contributed by atoms with van der Waals surface area (Å²) in [4.78, 5) is 18.8. The number of nitrogens with zero attached hydrogens (tertiary/aromatic N) is 3. The minimum absolute atomic E-state index is 0.0428. The molecule has 0 saturated carbocycles. The number of carbonyl (C=O) groups excluding carboxylic acids is 1. The highest BCUT2D eigenvalue weighted by Crippen LogP contribution is 2.29. The standard InChI is InChI=1S/C20H27N3O2/c1-3-15-6-8-16(9-7-15)13-18(24)23-11-4-5-17(14-23)19(25)20-21-10-12-22(20)2/h6-10,12,17,19,25H,3-5,11,13-14H2,1-2H3. The van der Waals surface area contributed by atoms with E-state index in [-0.39, 0.29) is 11.8 Å². The van der Waals surface area contributed by atoms with Crippen molar-refractivity contribution in [3.05, 3.63) is 53.6 Å². The van der Waals surface area contributed by atoms with Crippen molar-refractivity contribution in [2.45, 2.75) is 38.7 Å². The molecule has 2 unspecified atom stereocenters. The number of hydrogen-bond acceptors (Lipinski definition) is 3. The third-order valence-corrected chi connectivity index (χ3v) is 5.17. The summed E-state index contributed by atoms with van der Waals surface area (Å²) in [6.45, 7) is 3.50. The molecule has 2 aromatic rings. The maximum absolute atomic E-state index is 12.7. The highest BCUT2D eigenvalue weighted by Gasteiger charge is 2.30. The molecule has 1 aromatic carbocycles. The number of piperidine rings is 1. The Bertz CT molecular complexity index is 708. The average molecular weight is 341 g/mol. The number of benzene rings is 1. The Labute approximate surface area is 149 Å². The molecule has 1 saturated heterocycles. The lowest BCUT2D eigenvalue weighted by Crippen LogP contribution is -2.42. The minimum atomic E-state index is -0.626. The van der Waals surface area contributed by atoms with Crippen molar-refractivity contribution in [3.8, 4) is 0 Å². The van der Waals surface area contributed by atoms with Crippen LogP contribution in [0, 0.1) is 5.92 Å². The zero-order valence-corrected chi connectivity index (χ0v) is 15.1. The molecule has 1 aliphatic rings. The summed E-state index contributed by atoms with van der Waals surface area (Å²) in [5, 5.41) is 10.6. The van der Waals surface area contributed by atoms with Gasteiger partial charge in [0.05, 0.1) is 6.42 Å². The van der Waals surface area contributed by atoms with Crippen molar-refractivity contribution >= 4 is 5.91 Å². The van der Waals surface area contributed by atoms with Gasteiger partial charge in [-0.25, -0.2) is 4.98 Å². The Morgan fingerprint density at radius 2 is 2.04 bits per heavy atom. The number of hydrogen-bond donors (Lipinski definition) is 1. The highest BCUT2D eigenvalue weighted by atomic mass is 16.3. The Morgan fingerprint density at radius 3 is 2.68 bits per heavy atom. The Hall–Kier alpha value is -2.14. The number of imidazole rings is 1. The van der Waals surface area contributed by atoms with E-state index in [0.29, 0.717) is 18.8 Å². The van der Waals surface area contributed by atoms with Crippen molar-refractivity contribution in [3.63, 3.8) is 0 Å². The molecule has 1 aromatic heterocycles. The van der Waals surface area contributed by atoms with Gasteiger partial charge in [-0.1, -0.05) is 31.2 Å². The molecule has 1 N–H and O–H groups in total. The lowest BCUT2D eigenvalue weighted by atomic mass is 9.91. The number of aromatic nitrogens is 2. The van der Waals surface area contributed by atoms with Crippen LogP contribution in [0.5, 0.6) is 0 Å². The first-order valence-electron chi connectivity index (χ1n) is 9.09.